The number of hydrogen-bond acceptors (Lipinski definition) is 3. The summed E-state index contributed by atoms with van der Waals surface area (Å²) < 4.78 is 1.67. The zero-order valence-electron chi connectivity index (χ0n) is 9.73. The van der Waals surface area contributed by atoms with Crippen molar-refractivity contribution in [1.29, 1.82) is 0 Å². The largest absolute Gasteiger partial charge is 0.308 e. The van der Waals surface area contributed by atoms with E-state index in [1.54, 1.807) is 10.7 Å². The van der Waals surface area contributed by atoms with Gasteiger partial charge in [-0.05, 0) is 25.3 Å². The standard InChI is InChI=1S/C11H18N4O/c1-8-3-5-12-9(7-8)11(16)13-10-4-6-15(2)14-10/h4,6,8-9,12H,3,5,7H2,1-2H3,(H,13,14,16). The van der Waals surface area contributed by atoms with Crippen LogP contribution in [0.15, 0.2) is 12.3 Å². The van der Waals surface area contributed by atoms with E-state index in [2.05, 4.69) is 22.7 Å². The van der Waals surface area contributed by atoms with Gasteiger partial charge in [0, 0.05) is 19.3 Å². The van der Waals surface area contributed by atoms with Crippen molar-refractivity contribution in [3.8, 4) is 0 Å². The lowest BCUT2D eigenvalue weighted by Crippen LogP contribution is -2.45. The first-order valence-corrected chi connectivity index (χ1v) is 5.69. The van der Waals surface area contributed by atoms with Crippen molar-refractivity contribution in [3.63, 3.8) is 0 Å². The van der Waals surface area contributed by atoms with Gasteiger partial charge in [0.1, 0.15) is 0 Å². The van der Waals surface area contributed by atoms with Gasteiger partial charge < -0.3 is 10.6 Å². The van der Waals surface area contributed by atoms with Crippen LogP contribution in [0.5, 0.6) is 0 Å². The highest BCUT2D eigenvalue weighted by Gasteiger charge is 2.24. The molecule has 2 rings (SSSR count). The Hall–Kier alpha value is -1.36. The first-order chi connectivity index (χ1) is 7.65. The van der Waals surface area contributed by atoms with Gasteiger partial charge in [0.05, 0.1) is 6.04 Å². The summed E-state index contributed by atoms with van der Waals surface area (Å²) in [6.45, 7) is 3.10. The summed E-state index contributed by atoms with van der Waals surface area (Å²) in [5.74, 6) is 1.25. The van der Waals surface area contributed by atoms with Crippen LogP contribution < -0.4 is 10.6 Å². The molecule has 16 heavy (non-hydrogen) atoms. The molecule has 2 atom stereocenters. The van der Waals surface area contributed by atoms with Crippen molar-refractivity contribution < 1.29 is 4.79 Å². The predicted octanol–water partition coefficient (Wildman–Crippen LogP) is 0.747. The molecule has 2 heterocycles. The predicted molar refractivity (Wildman–Crippen MR) is 62.0 cm³/mol. The Kier molecular flexibility index (Phi) is 3.24. The summed E-state index contributed by atoms with van der Waals surface area (Å²) in [4.78, 5) is 11.9. The zero-order chi connectivity index (χ0) is 11.5. The van der Waals surface area contributed by atoms with E-state index in [1.165, 1.54) is 0 Å². The minimum Gasteiger partial charge on any atom is -0.308 e. The van der Waals surface area contributed by atoms with Gasteiger partial charge >= 0.3 is 0 Å². The van der Waals surface area contributed by atoms with Crippen LogP contribution in [0.3, 0.4) is 0 Å². The summed E-state index contributed by atoms with van der Waals surface area (Å²) in [5.41, 5.74) is 0. The molecule has 5 nitrogen and oxygen atoms in total. The molecule has 1 aromatic heterocycles. The molecule has 2 N–H and O–H groups in total. The average molecular weight is 222 g/mol. The lowest BCUT2D eigenvalue weighted by atomic mass is 9.94. The van der Waals surface area contributed by atoms with E-state index in [-0.39, 0.29) is 11.9 Å². The first kappa shape index (κ1) is 11.1. The van der Waals surface area contributed by atoms with Crippen LogP contribution in [-0.4, -0.2) is 28.3 Å². The third kappa shape index (κ3) is 2.61. The molecular weight excluding hydrogens is 204 g/mol. The molecule has 0 bridgehead atoms. The van der Waals surface area contributed by atoms with Crippen molar-refractivity contribution in [2.24, 2.45) is 13.0 Å². The number of hydrogen-bond donors (Lipinski definition) is 2. The monoisotopic (exact) mass is 222 g/mol. The molecule has 2 unspecified atom stereocenters. The number of amides is 1. The summed E-state index contributed by atoms with van der Waals surface area (Å²) >= 11 is 0. The van der Waals surface area contributed by atoms with Crippen LogP contribution in [0.25, 0.3) is 0 Å². The lowest BCUT2D eigenvalue weighted by molar-refractivity contribution is -0.119. The topological polar surface area (TPSA) is 59.0 Å². The van der Waals surface area contributed by atoms with Gasteiger partial charge in [-0.25, -0.2) is 0 Å². The molecule has 0 aliphatic carbocycles. The van der Waals surface area contributed by atoms with Crippen LogP contribution in [-0.2, 0) is 11.8 Å². The van der Waals surface area contributed by atoms with Crippen molar-refractivity contribution in [1.82, 2.24) is 15.1 Å². The second-order valence-corrected chi connectivity index (χ2v) is 4.50. The highest BCUT2D eigenvalue weighted by molar-refractivity contribution is 5.94. The van der Waals surface area contributed by atoms with Crippen LogP contribution in [0, 0.1) is 5.92 Å². The van der Waals surface area contributed by atoms with Crippen molar-refractivity contribution in [2.45, 2.75) is 25.8 Å². The maximum Gasteiger partial charge on any atom is 0.242 e. The number of nitrogens with one attached hydrogen (secondary N) is 2. The quantitative estimate of drug-likeness (QED) is 0.776. The van der Waals surface area contributed by atoms with E-state index in [0.717, 1.165) is 19.4 Å². The Bertz CT molecular complexity index is 374. The van der Waals surface area contributed by atoms with E-state index >= 15 is 0 Å². The van der Waals surface area contributed by atoms with Gasteiger partial charge in [0.25, 0.3) is 0 Å². The molecule has 0 saturated carbocycles. The smallest absolute Gasteiger partial charge is 0.242 e. The van der Waals surface area contributed by atoms with Crippen LogP contribution in [0.2, 0.25) is 0 Å². The summed E-state index contributed by atoms with van der Waals surface area (Å²) in [7, 11) is 1.83. The van der Waals surface area contributed by atoms with Crippen molar-refractivity contribution in [2.75, 3.05) is 11.9 Å². The SMILES string of the molecule is CC1CCNC(C(=O)Nc2ccn(C)n2)C1. The maximum atomic E-state index is 11.9. The lowest BCUT2D eigenvalue weighted by Gasteiger charge is -2.26. The fourth-order valence-electron chi connectivity index (χ4n) is 2.00. The maximum absolute atomic E-state index is 11.9. The van der Waals surface area contributed by atoms with Gasteiger partial charge in [0.15, 0.2) is 5.82 Å². The second kappa shape index (κ2) is 4.65. The fourth-order valence-corrected chi connectivity index (χ4v) is 2.00. The van der Waals surface area contributed by atoms with Gasteiger partial charge in [-0.1, -0.05) is 6.92 Å². The number of carbonyl (C=O) groups is 1. The molecule has 1 fully saturated rings. The second-order valence-electron chi connectivity index (χ2n) is 4.50. The Morgan fingerprint density at radius 2 is 2.50 bits per heavy atom. The van der Waals surface area contributed by atoms with Gasteiger partial charge in [-0.15, -0.1) is 0 Å². The minimum atomic E-state index is -0.0780. The fraction of sp³-hybridized carbons (Fsp3) is 0.636. The summed E-state index contributed by atoms with van der Waals surface area (Å²) in [5, 5.41) is 10.2. The highest BCUT2D eigenvalue weighted by atomic mass is 16.2. The molecule has 1 aromatic rings. The number of aromatic nitrogens is 2. The van der Waals surface area contributed by atoms with Crippen molar-refractivity contribution >= 4 is 11.7 Å². The summed E-state index contributed by atoms with van der Waals surface area (Å²) in [6.07, 6.45) is 3.86. The number of aryl methyl sites for hydroxylation is 1. The molecule has 0 radical (unpaired) electrons. The molecular formula is C11H18N4O. The van der Waals surface area contributed by atoms with Gasteiger partial charge in [0.2, 0.25) is 5.91 Å². The van der Waals surface area contributed by atoms with Crippen molar-refractivity contribution in [3.05, 3.63) is 12.3 Å². The van der Waals surface area contributed by atoms with E-state index < -0.39 is 0 Å². The van der Waals surface area contributed by atoms with Crippen LogP contribution >= 0.6 is 0 Å². The van der Waals surface area contributed by atoms with E-state index in [1.807, 2.05) is 13.2 Å². The van der Waals surface area contributed by atoms with E-state index in [4.69, 9.17) is 0 Å². The van der Waals surface area contributed by atoms with Crippen LogP contribution in [0.1, 0.15) is 19.8 Å². The number of carbonyl (C=O) groups excluding carboxylic acids is 1. The Labute approximate surface area is 95.2 Å². The molecule has 0 spiro atoms. The Morgan fingerprint density at radius 3 is 3.12 bits per heavy atom. The average Bonchev–Trinajstić information content (AvgIpc) is 2.64. The summed E-state index contributed by atoms with van der Waals surface area (Å²) in [6, 6.07) is 1.72. The number of anilines is 1. The zero-order valence-corrected chi connectivity index (χ0v) is 9.73. The normalized spacial score (nSPS) is 25.4. The van der Waals surface area contributed by atoms with E-state index in [0.29, 0.717) is 11.7 Å². The molecule has 5 heteroatoms. The molecule has 88 valence electrons. The number of piperidine rings is 1. The number of nitrogens with zero attached hydrogens (tertiary/aromatic N) is 2. The first-order valence-electron chi connectivity index (χ1n) is 5.69. The van der Waals surface area contributed by atoms with Gasteiger partial charge in [-0.2, -0.15) is 5.10 Å². The Balaban J connectivity index is 1.92. The van der Waals surface area contributed by atoms with Gasteiger partial charge in [-0.3, -0.25) is 9.48 Å². The molecule has 1 saturated heterocycles. The highest BCUT2D eigenvalue weighted by Crippen LogP contribution is 2.16. The Morgan fingerprint density at radius 1 is 1.69 bits per heavy atom. The molecule has 0 aromatic carbocycles. The van der Waals surface area contributed by atoms with E-state index in [9.17, 15) is 4.79 Å². The third-order valence-electron chi connectivity index (χ3n) is 2.95. The molecule has 1 aliphatic heterocycles. The number of rotatable bonds is 2. The third-order valence-corrected chi connectivity index (χ3v) is 2.95. The minimum absolute atomic E-state index is 0.0188. The molecule has 1 aliphatic rings. The molecule has 1 amide bonds. The van der Waals surface area contributed by atoms with Crippen LogP contribution in [0.4, 0.5) is 5.82 Å².